The summed E-state index contributed by atoms with van der Waals surface area (Å²) in [5, 5.41) is 0. The summed E-state index contributed by atoms with van der Waals surface area (Å²) in [5.74, 6) is 0.567. The largest absolute Gasteiger partial charge is 0.469 e. The highest BCUT2D eigenvalue weighted by Gasteiger charge is 2.09. The van der Waals surface area contributed by atoms with E-state index in [1.165, 1.54) is 18.9 Å². The van der Waals surface area contributed by atoms with Crippen LogP contribution in [0.4, 0.5) is 0 Å². The Morgan fingerprint density at radius 3 is 2.70 bits per heavy atom. The zero-order valence-corrected chi connectivity index (χ0v) is 11.9. The number of methoxy groups -OCH3 is 1. The van der Waals surface area contributed by atoms with E-state index in [0.29, 0.717) is 12.1 Å². The number of hydrogen-bond donors (Lipinski definition) is 0. The topological polar surface area (TPSA) is 55.6 Å². The molecule has 0 saturated carbocycles. The van der Waals surface area contributed by atoms with Crippen LogP contribution in [0.1, 0.15) is 27.4 Å². The first kappa shape index (κ1) is 14.3. The number of furan rings is 1. The van der Waals surface area contributed by atoms with E-state index in [9.17, 15) is 4.79 Å². The van der Waals surface area contributed by atoms with Gasteiger partial charge in [-0.25, -0.2) is 4.79 Å². The summed E-state index contributed by atoms with van der Waals surface area (Å²) in [5.41, 5.74) is 2.53. The highest BCUT2D eigenvalue weighted by molar-refractivity contribution is 5.88. The number of rotatable bonds is 5. The van der Waals surface area contributed by atoms with Gasteiger partial charge in [0.15, 0.2) is 0 Å². The molecule has 5 nitrogen and oxygen atoms in total. The van der Waals surface area contributed by atoms with Crippen molar-refractivity contribution in [2.45, 2.75) is 20.0 Å². The summed E-state index contributed by atoms with van der Waals surface area (Å²) in [6.45, 7) is 3.45. The SMILES string of the molecule is COC(=O)c1ccc(CN(C)Cc2ccoc2C)nc1. The van der Waals surface area contributed by atoms with Gasteiger partial charge in [-0.3, -0.25) is 9.88 Å². The molecule has 0 fully saturated rings. The van der Waals surface area contributed by atoms with Crippen molar-refractivity contribution in [1.82, 2.24) is 9.88 Å². The van der Waals surface area contributed by atoms with Crippen LogP contribution in [0.15, 0.2) is 35.1 Å². The lowest BCUT2D eigenvalue weighted by molar-refractivity contribution is 0.0600. The molecule has 0 N–H and O–H groups in total. The van der Waals surface area contributed by atoms with Gasteiger partial charge < -0.3 is 9.15 Å². The molecule has 0 aliphatic heterocycles. The first-order chi connectivity index (χ1) is 9.60. The number of carbonyl (C=O) groups excluding carboxylic acids is 1. The lowest BCUT2D eigenvalue weighted by Crippen LogP contribution is -2.18. The van der Waals surface area contributed by atoms with E-state index < -0.39 is 0 Å². The van der Waals surface area contributed by atoms with Crippen LogP contribution in [0.25, 0.3) is 0 Å². The Morgan fingerprint density at radius 2 is 2.15 bits per heavy atom. The van der Waals surface area contributed by atoms with Crippen molar-refractivity contribution in [1.29, 1.82) is 0 Å². The molecule has 0 saturated heterocycles. The third-order valence-electron chi connectivity index (χ3n) is 3.08. The third-order valence-corrected chi connectivity index (χ3v) is 3.08. The number of carbonyl (C=O) groups is 1. The predicted octanol–water partition coefficient (Wildman–Crippen LogP) is 2.40. The lowest BCUT2D eigenvalue weighted by Gasteiger charge is -2.15. The first-order valence-electron chi connectivity index (χ1n) is 6.35. The van der Waals surface area contributed by atoms with Gasteiger partial charge in [-0.2, -0.15) is 0 Å². The maximum absolute atomic E-state index is 11.3. The molecule has 20 heavy (non-hydrogen) atoms. The molecule has 106 valence electrons. The minimum absolute atomic E-state index is 0.369. The molecule has 0 spiro atoms. The maximum atomic E-state index is 11.3. The van der Waals surface area contributed by atoms with Crippen molar-refractivity contribution in [3.8, 4) is 0 Å². The molecule has 0 aromatic carbocycles. The van der Waals surface area contributed by atoms with Gasteiger partial charge in [-0.1, -0.05) is 0 Å². The number of ether oxygens (including phenoxy) is 1. The second-order valence-corrected chi connectivity index (χ2v) is 4.70. The van der Waals surface area contributed by atoms with Crippen LogP contribution < -0.4 is 0 Å². The Morgan fingerprint density at radius 1 is 1.35 bits per heavy atom. The fourth-order valence-corrected chi connectivity index (χ4v) is 1.96. The van der Waals surface area contributed by atoms with Crippen molar-refractivity contribution in [2.75, 3.05) is 14.2 Å². The van der Waals surface area contributed by atoms with Crippen LogP contribution in [-0.2, 0) is 17.8 Å². The number of aryl methyl sites for hydroxylation is 1. The Kier molecular flexibility index (Phi) is 4.53. The zero-order chi connectivity index (χ0) is 14.5. The Bertz CT molecular complexity index is 575. The molecule has 0 aliphatic carbocycles. The van der Waals surface area contributed by atoms with Gasteiger partial charge in [0.05, 0.1) is 24.6 Å². The van der Waals surface area contributed by atoms with E-state index in [1.807, 2.05) is 26.1 Å². The van der Waals surface area contributed by atoms with E-state index in [0.717, 1.165) is 18.0 Å². The first-order valence-corrected chi connectivity index (χ1v) is 6.35. The summed E-state index contributed by atoms with van der Waals surface area (Å²) in [7, 11) is 3.37. The molecule has 0 radical (unpaired) electrons. The number of aromatic nitrogens is 1. The normalized spacial score (nSPS) is 10.8. The van der Waals surface area contributed by atoms with Crippen molar-refractivity contribution < 1.29 is 13.9 Å². The molecular formula is C15H18N2O3. The van der Waals surface area contributed by atoms with E-state index in [4.69, 9.17) is 4.42 Å². The Balaban J connectivity index is 1.96. The van der Waals surface area contributed by atoms with Crippen LogP contribution in [0.3, 0.4) is 0 Å². The van der Waals surface area contributed by atoms with Crippen LogP contribution >= 0.6 is 0 Å². The minimum Gasteiger partial charge on any atom is -0.469 e. The molecule has 2 heterocycles. The highest BCUT2D eigenvalue weighted by Crippen LogP contribution is 2.12. The van der Waals surface area contributed by atoms with Gasteiger partial charge >= 0.3 is 5.97 Å². The van der Waals surface area contributed by atoms with Crippen molar-refractivity contribution in [2.24, 2.45) is 0 Å². The zero-order valence-electron chi connectivity index (χ0n) is 11.9. The molecule has 2 aromatic rings. The van der Waals surface area contributed by atoms with E-state index in [2.05, 4.69) is 14.6 Å². The fourth-order valence-electron chi connectivity index (χ4n) is 1.96. The van der Waals surface area contributed by atoms with Crippen LogP contribution in [0.5, 0.6) is 0 Å². The molecule has 0 aliphatic rings. The molecular weight excluding hydrogens is 256 g/mol. The number of esters is 1. The Hall–Kier alpha value is -2.14. The fraction of sp³-hybridized carbons (Fsp3) is 0.333. The molecule has 2 aromatic heterocycles. The molecule has 0 bridgehead atoms. The van der Waals surface area contributed by atoms with Gasteiger partial charge in [0.2, 0.25) is 0 Å². The average Bonchev–Trinajstić information content (AvgIpc) is 2.84. The van der Waals surface area contributed by atoms with Crippen LogP contribution in [0.2, 0.25) is 0 Å². The van der Waals surface area contributed by atoms with Gasteiger partial charge in [0, 0.05) is 24.8 Å². The summed E-state index contributed by atoms with van der Waals surface area (Å²) in [4.78, 5) is 17.7. The second kappa shape index (κ2) is 6.34. The van der Waals surface area contributed by atoms with Crippen LogP contribution in [0, 0.1) is 6.92 Å². The van der Waals surface area contributed by atoms with E-state index in [1.54, 1.807) is 12.3 Å². The summed E-state index contributed by atoms with van der Waals surface area (Å²) in [6.07, 6.45) is 3.24. The molecule has 5 heteroatoms. The summed E-state index contributed by atoms with van der Waals surface area (Å²) < 4.78 is 9.92. The third kappa shape index (κ3) is 3.45. The standard InChI is InChI=1S/C15H18N2O3/c1-11-13(6-7-20-11)9-17(2)10-14-5-4-12(8-16-14)15(18)19-3/h4-8H,9-10H2,1-3H3. The van der Waals surface area contributed by atoms with Gasteiger partial charge in [0.25, 0.3) is 0 Å². The van der Waals surface area contributed by atoms with E-state index in [-0.39, 0.29) is 5.97 Å². The van der Waals surface area contributed by atoms with Crippen molar-refractivity contribution in [3.05, 3.63) is 53.2 Å². The lowest BCUT2D eigenvalue weighted by atomic mass is 10.2. The average molecular weight is 274 g/mol. The maximum Gasteiger partial charge on any atom is 0.339 e. The summed E-state index contributed by atoms with van der Waals surface area (Å²) >= 11 is 0. The van der Waals surface area contributed by atoms with Gasteiger partial charge in [-0.15, -0.1) is 0 Å². The molecule has 2 rings (SSSR count). The monoisotopic (exact) mass is 274 g/mol. The van der Waals surface area contributed by atoms with Crippen molar-refractivity contribution >= 4 is 5.97 Å². The second-order valence-electron chi connectivity index (χ2n) is 4.70. The molecule has 0 atom stereocenters. The quantitative estimate of drug-likeness (QED) is 0.784. The van der Waals surface area contributed by atoms with Gasteiger partial charge in [0.1, 0.15) is 5.76 Å². The number of hydrogen-bond acceptors (Lipinski definition) is 5. The highest BCUT2D eigenvalue weighted by atomic mass is 16.5. The number of nitrogens with zero attached hydrogens (tertiary/aromatic N) is 2. The van der Waals surface area contributed by atoms with E-state index >= 15 is 0 Å². The van der Waals surface area contributed by atoms with Crippen molar-refractivity contribution in [3.63, 3.8) is 0 Å². The predicted molar refractivity (Wildman–Crippen MR) is 74.2 cm³/mol. The van der Waals surface area contributed by atoms with Gasteiger partial charge in [-0.05, 0) is 32.2 Å². The molecule has 0 amide bonds. The minimum atomic E-state index is -0.369. The Labute approximate surface area is 118 Å². The van der Waals surface area contributed by atoms with Crippen LogP contribution in [-0.4, -0.2) is 30.0 Å². The smallest absolute Gasteiger partial charge is 0.339 e. The molecule has 0 unspecified atom stereocenters. The summed E-state index contributed by atoms with van der Waals surface area (Å²) in [6, 6.07) is 5.54. The number of pyridine rings is 1.